The summed E-state index contributed by atoms with van der Waals surface area (Å²) in [5, 5.41) is 0. The SMILES string of the molecule is CCOC(=O)CN(C(=O)c1cc(Br)cc(Br)c1)C1CC1. The van der Waals surface area contributed by atoms with Crippen LogP contribution in [0.15, 0.2) is 27.1 Å². The third-order valence-electron chi connectivity index (χ3n) is 2.96. The molecule has 0 aliphatic heterocycles. The zero-order valence-electron chi connectivity index (χ0n) is 11.1. The Morgan fingerprint density at radius 1 is 1.25 bits per heavy atom. The molecule has 0 spiro atoms. The van der Waals surface area contributed by atoms with E-state index in [4.69, 9.17) is 4.74 Å². The van der Waals surface area contributed by atoms with Crippen molar-refractivity contribution in [2.24, 2.45) is 0 Å². The number of amides is 1. The Morgan fingerprint density at radius 3 is 2.35 bits per heavy atom. The molecule has 4 nitrogen and oxygen atoms in total. The third-order valence-corrected chi connectivity index (χ3v) is 3.88. The Morgan fingerprint density at radius 2 is 1.85 bits per heavy atom. The van der Waals surface area contributed by atoms with Gasteiger partial charge >= 0.3 is 5.97 Å². The molecule has 6 heteroatoms. The van der Waals surface area contributed by atoms with E-state index in [2.05, 4.69) is 31.9 Å². The summed E-state index contributed by atoms with van der Waals surface area (Å²) < 4.78 is 6.58. The minimum atomic E-state index is -0.359. The van der Waals surface area contributed by atoms with Gasteiger partial charge in [0.2, 0.25) is 0 Å². The molecule has 1 aromatic carbocycles. The molecule has 0 radical (unpaired) electrons. The number of halogens is 2. The molecule has 2 rings (SSSR count). The molecule has 1 amide bonds. The van der Waals surface area contributed by atoms with Crippen LogP contribution in [0.4, 0.5) is 0 Å². The van der Waals surface area contributed by atoms with Crippen molar-refractivity contribution in [2.45, 2.75) is 25.8 Å². The lowest BCUT2D eigenvalue weighted by Gasteiger charge is -2.21. The molecule has 0 unspecified atom stereocenters. The first kappa shape index (κ1) is 15.5. The fourth-order valence-electron chi connectivity index (χ4n) is 1.94. The molecule has 1 aromatic rings. The summed E-state index contributed by atoms with van der Waals surface area (Å²) in [6.45, 7) is 2.10. The molecule has 108 valence electrons. The maximum Gasteiger partial charge on any atom is 0.325 e. The van der Waals surface area contributed by atoms with Crippen molar-refractivity contribution < 1.29 is 14.3 Å². The molecule has 20 heavy (non-hydrogen) atoms. The largest absolute Gasteiger partial charge is 0.465 e. The molecule has 1 fully saturated rings. The first-order valence-electron chi connectivity index (χ1n) is 6.44. The minimum Gasteiger partial charge on any atom is -0.465 e. The van der Waals surface area contributed by atoms with Crippen LogP contribution in [0.2, 0.25) is 0 Å². The number of hydrogen-bond acceptors (Lipinski definition) is 3. The quantitative estimate of drug-likeness (QED) is 0.706. The topological polar surface area (TPSA) is 46.6 Å². The standard InChI is InChI=1S/C14H15Br2NO3/c1-2-20-13(18)8-17(12-3-4-12)14(19)9-5-10(15)7-11(16)6-9/h5-7,12H,2-4,8H2,1H3. The zero-order chi connectivity index (χ0) is 14.7. The van der Waals surface area contributed by atoms with E-state index >= 15 is 0 Å². The molecule has 1 saturated carbocycles. The summed E-state index contributed by atoms with van der Waals surface area (Å²) in [6.07, 6.45) is 1.89. The van der Waals surface area contributed by atoms with Crippen molar-refractivity contribution in [1.82, 2.24) is 4.90 Å². The van der Waals surface area contributed by atoms with Crippen LogP contribution in [-0.4, -0.2) is 36.0 Å². The van der Waals surface area contributed by atoms with E-state index in [1.54, 1.807) is 24.0 Å². The van der Waals surface area contributed by atoms with Gasteiger partial charge in [0.1, 0.15) is 6.54 Å². The highest BCUT2D eigenvalue weighted by Gasteiger charge is 2.34. The van der Waals surface area contributed by atoms with E-state index in [0.717, 1.165) is 21.8 Å². The van der Waals surface area contributed by atoms with E-state index in [1.807, 2.05) is 6.07 Å². The molecular weight excluding hydrogens is 390 g/mol. The fourth-order valence-corrected chi connectivity index (χ4v) is 3.24. The van der Waals surface area contributed by atoms with Gasteiger partial charge in [0, 0.05) is 20.6 Å². The average Bonchev–Trinajstić information content (AvgIpc) is 3.18. The summed E-state index contributed by atoms with van der Waals surface area (Å²) in [4.78, 5) is 25.8. The van der Waals surface area contributed by atoms with Gasteiger partial charge in [0.15, 0.2) is 0 Å². The maximum atomic E-state index is 12.5. The normalized spacial score (nSPS) is 13.9. The van der Waals surface area contributed by atoms with Crippen LogP contribution < -0.4 is 0 Å². The first-order valence-corrected chi connectivity index (χ1v) is 8.02. The molecule has 1 aliphatic carbocycles. The van der Waals surface area contributed by atoms with Crippen molar-refractivity contribution in [3.63, 3.8) is 0 Å². The van der Waals surface area contributed by atoms with Crippen LogP contribution in [0.1, 0.15) is 30.1 Å². The predicted molar refractivity (Wildman–Crippen MR) is 82.5 cm³/mol. The second kappa shape index (κ2) is 6.72. The summed E-state index contributed by atoms with van der Waals surface area (Å²) in [5.74, 6) is -0.496. The third kappa shape index (κ3) is 4.06. The van der Waals surface area contributed by atoms with Gasteiger partial charge in [-0.2, -0.15) is 0 Å². The molecule has 0 bridgehead atoms. The van der Waals surface area contributed by atoms with Crippen LogP contribution >= 0.6 is 31.9 Å². The van der Waals surface area contributed by atoms with E-state index in [-0.39, 0.29) is 24.5 Å². The van der Waals surface area contributed by atoms with Gasteiger partial charge in [-0.25, -0.2) is 0 Å². The summed E-state index contributed by atoms with van der Waals surface area (Å²) >= 11 is 6.73. The monoisotopic (exact) mass is 403 g/mol. The second-order valence-corrected chi connectivity index (χ2v) is 6.46. The van der Waals surface area contributed by atoms with Gasteiger partial charge < -0.3 is 9.64 Å². The zero-order valence-corrected chi connectivity index (χ0v) is 14.2. The number of carbonyl (C=O) groups excluding carboxylic acids is 2. The van der Waals surface area contributed by atoms with E-state index in [0.29, 0.717) is 12.2 Å². The van der Waals surface area contributed by atoms with Crippen LogP contribution in [-0.2, 0) is 9.53 Å². The van der Waals surface area contributed by atoms with Crippen molar-refractivity contribution >= 4 is 43.7 Å². The Hall–Kier alpha value is -0.880. The van der Waals surface area contributed by atoms with Crippen LogP contribution in [0.5, 0.6) is 0 Å². The first-order chi connectivity index (χ1) is 9.51. The lowest BCUT2D eigenvalue weighted by molar-refractivity contribution is -0.144. The molecule has 0 heterocycles. The highest BCUT2D eigenvalue weighted by molar-refractivity contribution is 9.11. The van der Waals surface area contributed by atoms with Gasteiger partial charge in [0.25, 0.3) is 5.91 Å². The highest BCUT2D eigenvalue weighted by atomic mass is 79.9. The van der Waals surface area contributed by atoms with Crippen LogP contribution in [0.3, 0.4) is 0 Å². The molecule has 1 aliphatic rings. The number of nitrogens with zero attached hydrogens (tertiary/aromatic N) is 1. The Bertz CT molecular complexity index is 509. The van der Waals surface area contributed by atoms with E-state index in [9.17, 15) is 9.59 Å². The van der Waals surface area contributed by atoms with Gasteiger partial charge in [-0.15, -0.1) is 0 Å². The molecule has 0 N–H and O–H groups in total. The lowest BCUT2D eigenvalue weighted by atomic mass is 10.2. The highest BCUT2D eigenvalue weighted by Crippen LogP contribution is 2.29. The van der Waals surface area contributed by atoms with Gasteiger partial charge in [-0.05, 0) is 38.0 Å². The Kier molecular flexibility index (Phi) is 5.21. The predicted octanol–water partition coefficient (Wildman–Crippen LogP) is 3.38. The van der Waals surface area contributed by atoms with Gasteiger partial charge in [-0.3, -0.25) is 9.59 Å². The summed E-state index contributed by atoms with van der Waals surface area (Å²) in [7, 11) is 0. The van der Waals surface area contributed by atoms with E-state index in [1.165, 1.54) is 0 Å². The van der Waals surface area contributed by atoms with Crippen LogP contribution in [0.25, 0.3) is 0 Å². The number of hydrogen-bond donors (Lipinski definition) is 0. The van der Waals surface area contributed by atoms with Crippen molar-refractivity contribution in [3.05, 3.63) is 32.7 Å². The van der Waals surface area contributed by atoms with Crippen molar-refractivity contribution in [3.8, 4) is 0 Å². The summed E-state index contributed by atoms with van der Waals surface area (Å²) in [6, 6.07) is 5.54. The summed E-state index contributed by atoms with van der Waals surface area (Å²) in [5.41, 5.74) is 0.558. The molecule has 0 atom stereocenters. The van der Waals surface area contributed by atoms with E-state index < -0.39 is 0 Å². The number of rotatable bonds is 5. The number of benzene rings is 1. The second-order valence-electron chi connectivity index (χ2n) is 4.63. The van der Waals surface area contributed by atoms with Crippen molar-refractivity contribution in [2.75, 3.05) is 13.2 Å². The maximum absolute atomic E-state index is 12.5. The molecular formula is C14H15Br2NO3. The minimum absolute atomic E-state index is 0.0153. The number of ether oxygens (including phenoxy) is 1. The van der Waals surface area contributed by atoms with Gasteiger partial charge in [0.05, 0.1) is 6.61 Å². The fraction of sp³-hybridized carbons (Fsp3) is 0.429. The average molecular weight is 405 g/mol. The molecule has 0 saturated heterocycles. The lowest BCUT2D eigenvalue weighted by Crippen LogP contribution is -2.38. The van der Waals surface area contributed by atoms with Crippen molar-refractivity contribution in [1.29, 1.82) is 0 Å². The molecule has 0 aromatic heterocycles. The number of carbonyl (C=O) groups is 2. The number of esters is 1. The Labute approximate surface area is 134 Å². The Balaban J connectivity index is 2.16. The van der Waals surface area contributed by atoms with Crippen LogP contribution in [0, 0.1) is 0 Å². The van der Waals surface area contributed by atoms with Gasteiger partial charge in [-0.1, -0.05) is 31.9 Å². The smallest absolute Gasteiger partial charge is 0.325 e.